The number of likely N-dealkylation sites (tertiary alicyclic amines) is 1. The third-order valence-electron chi connectivity index (χ3n) is 11.3. The van der Waals surface area contributed by atoms with Gasteiger partial charge >= 0.3 is 0 Å². The Balaban J connectivity index is 1.38. The number of aromatic amines is 1. The lowest BCUT2D eigenvalue weighted by Gasteiger charge is -2.31. The third kappa shape index (κ3) is 14.5. The number of rotatable bonds is 24. The van der Waals surface area contributed by atoms with Crippen LogP contribution in [0.3, 0.4) is 0 Å². The van der Waals surface area contributed by atoms with Crippen LogP contribution < -0.4 is 44.6 Å². The Kier molecular flexibility index (Phi) is 18.3. The molecule has 6 amide bonds. The van der Waals surface area contributed by atoms with Crippen molar-refractivity contribution < 1.29 is 28.8 Å². The molecule has 5 rings (SSSR count). The Labute approximate surface area is 382 Å². The van der Waals surface area contributed by atoms with E-state index in [1.54, 1.807) is 7.05 Å². The van der Waals surface area contributed by atoms with Gasteiger partial charge in [0.05, 0.1) is 6.42 Å². The van der Waals surface area contributed by atoms with Crippen molar-refractivity contribution in [2.45, 2.75) is 94.4 Å². The molecule has 1 aliphatic rings. The van der Waals surface area contributed by atoms with Gasteiger partial charge < -0.3 is 59.4 Å². The smallest absolute Gasteiger partial charge is 0.245 e. The molecule has 19 nitrogen and oxygen atoms in total. The Morgan fingerprint density at radius 1 is 0.785 bits per heavy atom. The van der Waals surface area contributed by atoms with Crippen LogP contribution in [0, 0.1) is 0 Å². The van der Waals surface area contributed by atoms with Gasteiger partial charge in [-0.25, -0.2) is 0 Å². The maximum absolute atomic E-state index is 14.6. The molecule has 3 heterocycles. The lowest BCUT2D eigenvalue weighted by Crippen LogP contribution is -2.59. The van der Waals surface area contributed by atoms with Gasteiger partial charge in [-0.15, -0.1) is 11.3 Å². The average Bonchev–Trinajstić information content (AvgIpc) is 4.08. The first-order valence-electron chi connectivity index (χ1n) is 21.7. The van der Waals surface area contributed by atoms with Crippen LogP contribution in [0.1, 0.15) is 60.9 Å². The van der Waals surface area contributed by atoms with Gasteiger partial charge in [-0.1, -0.05) is 54.6 Å². The Morgan fingerprint density at radius 3 is 2.15 bits per heavy atom. The number of para-hydroxylation sites is 1. The number of nitrogens with zero attached hydrogens (tertiary/aromatic N) is 4. The minimum atomic E-state index is -1.20. The zero-order valence-electron chi connectivity index (χ0n) is 36.6. The van der Waals surface area contributed by atoms with Crippen molar-refractivity contribution in [3.8, 4) is 0 Å². The largest absolute Gasteiger partial charge is 0.370 e. The van der Waals surface area contributed by atoms with Crippen molar-refractivity contribution in [3.63, 3.8) is 0 Å². The summed E-state index contributed by atoms with van der Waals surface area (Å²) >= 11 is 1.44. The molecule has 0 radical (unpaired) electrons. The maximum atomic E-state index is 14.6. The van der Waals surface area contributed by atoms with Gasteiger partial charge in [0.1, 0.15) is 30.2 Å². The predicted octanol–water partition coefficient (Wildman–Crippen LogP) is 0.512. The van der Waals surface area contributed by atoms with Gasteiger partial charge in [-0.05, 0) is 73.6 Å². The van der Waals surface area contributed by atoms with E-state index in [0.717, 1.165) is 26.9 Å². The number of unbranched alkanes of at least 4 members (excludes halogenated alkanes) is 1. The molecule has 0 saturated carbocycles. The summed E-state index contributed by atoms with van der Waals surface area (Å²) in [7, 11) is 1.58. The molecule has 1 saturated heterocycles. The highest BCUT2D eigenvalue weighted by atomic mass is 32.1. The molecular weight excluding hydrogens is 851 g/mol. The molecule has 4 aromatic rings. The number of amides is 6. The number of carbonyl (C=O) groups is 6. The Morgan fingerprint density at radius 2 is 1.46 bits per heavy atom. The average molecular weight is 912 g/mol. The normalized spacial score (nSPS) is 15.2. The number of thiophene rings is 1. The summed E-state index contributed by atoms with van der Waals surface area (Å²) in [5.74, 6) is -3.51. The number of aliphatic imine (C=N–C) groups is 2. The summed E-state index contributed by atoms with van der Waals surface area (Å²) in [6, 6.07) is 15.1. The van der Waals surface area contributed by atoms with Gasteiger partial charge in [0.25, 0.3) is 0 Å². The van der Waals surface area contributed by atoms with E-state index in [0.29, 0.717) is 32.2 Å². The van der Waals surface area contributed by atoms with Gasteiger partial charge in [0, 0.05) is 61.5 Å². The van der Waals surface area contributed by atoms with Crippen LogP contribution in [0.4, 0.5) is 0 Å². The van der Waals surface area contributed by atoms with Crippen molar-refractivity contribution in [1.29, 1.82) is 0 Å². The van der Waals surface area contributed by atoms with Crippen LogP contribution in [-0.4, -0.2) is 119 Å². The molecule has 0 unspecified atom stereocenters. The molecule has 14 N–H and O–H groups in total. The van der Waals surface area contributed by atoms with E-state index in [4.69, 9.17) is 28.7 Å². The molecule has 2 aromatic heterocycles. The quantitative estimate of drug-likeness (QED) is 0.0267. The first kappa shape index (κ1) is 49.1. The van der Waals surface area contributed by atoms with Crippen LogP contribution >= 0.6 is 11.3 Å². The second-order valence-corrected chi connectivity index (χ2v) is 17.1. The van der Waals surface area contributed by atoms with Crippen LogP contribution in [0.2, 0.25) is 0 Å². The number of aromatic nitrogens is 1. The summed E-state index contributed by atoms with van der Waals surface area (Å²) in [5.41, 5.74) is 30.0. The van der Waals surface area contributed by atoms with Gasteiger partial charge in [-0.3, -0.25) is 38.8 Å². The standard InChI is InChI=1S/C45H61N13O6S/c1-57(38(59)26-30-14-11-23-65-30)37(25-29-27-53-32-16-6-5-15-31(29)32)42(63)56-35(24-28-12-3-2-4-13-28)40(61)55-34(18-9-21-52-45(49)50)43(64)58-22-10-19-36(58)41(62)54-33(39(46)60)17-7-8-20-51-44(47)48/h2-6,11-16,23,27,33-37,53H,7-10,17-22,24-26H2,1H3,(H2,46,60)(H,54,62)(H,55,61)(H,56,63)(H4,47,48,51)(H4,49,50,52)/t33-,34-,35-,36-,37-/m0/s1. The van der Waals surface area contributed by atoms with E-state index in [2.05, 4.69) is 30.9 Å². The first-order valence-corrected chi connectivity index (χ1v) is 22.6. The zero-order chi connectivity index (χ0) is 46.9. The van der Waals surface area contributed by atoms with Crippen molar-refractivity contribution in [2.24, 2.45) is 38.7 Å². The number of carbonyl (C=O) groups excluding carboxylic acids is 6. The van der Waals surface area contributed by atoms with E-state index in [1.807, 2.05) is 78.3 Å². The lowest BCUT2D eigenvalue weighted by atomic mass is 10.0. The topological polar surface area (TPSA) is 316 Å². The van der Waals surface area contributed by atoms with E-state index in [-0.39, 0.29) is 69.4 Å². The SMILES string of the molecule is CN(C(=O)Cc1cccs1)[C@@H](Cc1c[nH]c2ccccc12)C(=O)N[C@@H](Cc1ccccc1)C(=O)N[C@@H](CCCN=C(N)N)C(=O)N1CCC[C@H]1C(=O)N[C@@H](CCCCN=C(N)N)C(N)=O. The molecule has 348 valence electrons. The second-order valence-electron chi connectivity index (χ2n) is 16.1. The minimum Gasteiger partial charge on any atom is -0.370 e. The number of hydrogen-bond acceptors (Lipinski definition) is 9. The van der Waals surface area contributed by atoms with Crippen molar-refractivity contribution >= 4 is 69.6 Å². The number of primary amides is 1. The highest BCUT2D eigenvalue weighted by Gasteiger charge is 2.40. The van der Waals surface area contributed by atoms with Crippen LogP contribution in [0.25, 0.3) is 10.9 Å². The number of H-pyrrole nitrogens is 1. The Hall–Kier alpha value is -6.96. The van der Waals surface area contributed by atoms with E-state index < -0.39 is 59.7 Å². The molecule has 0 aliphatic carbocycles. The summed E-state index contributed by atoms with van der Waals surface area (Å²) in [6.45, 7) is 0.709. The van der Waals surface area contributed by atoms with Gasteiger partial charge in [-0.2, -0.15) is 0 Å². The number of hydrogen-bond donors (Lipinski definition) is 9. The molecular formula is C45H61N13O6S. The molecule has 2 aromatic carbocycles. The van der Waals surface area contributed by atoms with Crippen molar-refractivity contribution in [3.05, 3.63) is 94.3 Å². The van der Waals surface area contributed by atoms with E-state index in [9.17, 15) is 28.8 Å². The van der Waals surface area contributed by atoms with Crippen LogP contribution in [-0.2, 0) is 48.0 Å². The number of benzene rings is 2. The monoisotopic (exact) mass is 911 g/mol. The third-order valence-corrected chi connectivity index (χ3v) is 12.2. The fourth-order valence-electron chi connectivity index (χ4n) is 7.86. The van der Waals surface area contributed by atoms with Crippen LogP contribution in [0.5, 0.6) is 0 Å². The second kappa shape index (κ2) is 24.2. The molecule has 1 aliphatic heterocycles. The molecule has 20 heteroatoms. The van der Waals surface area contributed by atoms with Gasteiger partial charge in [0.15, 0.2) is 11.9 Å². The Bertz CT molecular complexity index is 2290. The van der Waals surface area contributed by atoms with Crippen molar-refractivity contribution in [2.75, 3.05) is 26.7 Å². The fourth-order valence-corrected chi connectivity index (χ4v) is 8.56. The predicted molar refractivity (Wildman–Crippen MR) is 251 cm³/mol. The number of likely N-dealkylation sites (N-methyl/N-ethyl adjacent to an activating group) is 1. The number of nitrogens with one attached hydrogen (secondary N) is 4. The molecule has 5 atom stereocenters. The fraction of sp³-hybridized carbons (Fsp3) is 0.422. The van der Waals surface area contributed by atoms with Crippen molar-refractivity contribution in [1.82, 2.24) is 30.7 Å². The summed E-state index contributed by atoms with van der Waals surface area (Å²) in [6.07, 6.45) is 4.53. The molecule has 0 spiro atoms. The van der Waals surface area contributed by atoms with E-state index >= 15 is 0 Å². The maximum Gasteiger partial charge on any atom is 0.245 e. The molecule has 1 fully saturated rings. The summed E-state index contributed by atoms with van der Waals surface area (Å²) < 4.78 is 0. The van der Waals surface area contributed by atoms with Gasteiger partial charge in [0.2, 0.25) is 35.4 Å². The first-order chi connectivity index (χ1) is 31.2. The lowest BCUT2D eigenvalue weighted by molar-refractivity contribution is -0.143. The summed E-state index contributed by atoms with van der Waals surface area (Å²) in [5, 5.41) is 11.3. The highest BCUT2D eigenvalue weighted by molar-refractivity contribution is 7.10. The minimum absolute atomic E-state index is 0.0505. The number of guanidine groups is 2. The summed E-state index contributed by atoms with van der Waals surface area (Å²) in [4.78, 5) is 98.5. The number of fused-ring (bicyclic) bond motifs is 1. The zero-order valence-corrected chi connectivity index (χ0v) is 37.4. The number of nitrogens with two attached hydrogens (primary N) is 5. The van der Waals surface area contributed by atoms with E-state index in [1.165, 1.54) is 21.1 Å². The van der Waals surface area contributed by atoms with Crippen LogP contribution in [0.15, 0.2) is 88.3 Å². The highest BCUT2D eigenvalue weighted by Crippen LogP contribution is 2.23. The molecule has 65 heavy (non-hydrogen) atoms. The molecule has 0 bridgehead atoms.